The highest BCUT2D eigenvalue weighted by Crippen LogP contribution is 2.27. The third-order valence-corrected chi connectivity index (χ3v) is 2.90. The molecule has 0 saturated carbocycles. The molecule has 17 heavy (non-hydrogen) atoms. The Balaban J connectivity index is 4.47. The Morgan fingerprint density at radius 3 is 2.24 bits per heavy atom. The second-order valence-corrected chi connectivity index (χ2v) is 5.54. The van der Waals surface area contributed by atoms with Gasteiger partial charge in [-0.1, -0.05) is 27.7 Å². The summed E-state index contributed by atoms with van der Waals surface area (Å²) in [6.45, 7) is 13.5. The van der Waals surface area contributed by atoms with Crippen LogP contribution in [0, 0.1) is 5.41 Å². The van der Waals surface area contributed by atoms with E-state index in [9.17, 15) is 0 Å². The predicted molar refractivity (Wildman–Crippen MR) is 73.4 cm³/mol. The first-order valence-electron chi connectivity index (χ1n) is 6.81. The van der Waals surface area contributed by atoms with Gasteiger partial charge in [0.25, 0.3) is 0 Å². The lowest BCUT2D eigenvalue weighted by atomic mass is 9.83. The maximum atomic E-state index is 5.95. The molecule has 0 aliphatic rings. The summed E-state index contributed by atoms with van der Waals surface area (Å²) in [6, 6.07) is 0.412. The molecule has 0 aromatic carbocycles. The molecule has 0 saturated heterocycles. The van der Waals surface area contributed by atoms with Gasteiger partial charge in [0.1, 0.15) is 0 Å². The molecule has 3 nitrogen and oxygen atoms in total. The Hall–Kier alpha value is -0.120. The second-order valence-electron chi connectivity index (χ2n) is 5.54. The second kappa shape index (κ2) is 8.90. The molecule has 0 aliphatic carbocycles. The van der Waals surface area contributed by atoms with E-state index in [1.807, 2.05) is 0 Å². The van der Waals surface area contributed by atoms with Crippen molar-refractivity contribution in [3.63, 3.8) is 0 Å². The van der Waals surface area contributed by atoms with Gasteiger partial charge in [-0.15, -0.1) is 0 Å². The summed E-state index contributed by atoms with van der Waals surface area (Å²) in [4.78, 5) is 0. The molecule has 1 N–H and O–H groups in total. The van der Waals surface area contributed by atoms with Gasteiger partial charge in [-0.3, -0.25) is 0 Å². The summed E-state index contributed by atoms with van der Waals surface area (Å²) in [7, 11) is 1.76. The van der Waals surface area contributed by atoms with Crippen molar-refractivity contribution >= 4 is 0 Å². The van der Waals surface area contributed by atoms with E-state index < -0.39 is 0 Å². The third-order valence-electron chi connectivity index (χ3n) is 2.90. The van der Waals surface area contributed by atoms with E-state index in [4.69, 9.17) is 9.47 Å². The normalized spacial score (nSPS) is 15.9. The summed E-state index contributed by atoms with van der Waals surface area (Å²) in [5, 5.41) is 3.55. The topological polar surface area (TPSA) is 30.5 Å². The molecule has 0 amide bonds. The van der Waals surface area contributed by atoms with Gasteiger partial charge in [-0.2, -0.15) is 0 Å². The number of hydrogen-bond acceptors (Lipinski definition) is 3. The fraction of sp³-hybridized carbons (Fsp3) is 1.00. The van der Waals surface area contributed by atoms with Gasteiger partial charge in [-0.25, -0.2) is 0 Å². The van der Waals surface area contributed by atoms with Crippen LogP contribution in [0.3, 0.4) is 0 Å². The number of nitrogens with one attached hydrogen (secondary N) is 1. The SMILES string of the molecule is CCNC(CCCOC)C(OCC)C(C)(C)C. The lowest BCUT2D eigenvalue weighted by Gasteiger charge is -2.37. The number of hydrogen-bond donors (Lipinski definition) is 1. The summed E-state index contributed by atoms with van der Waals surface area (Å²) < 4.78 is 11.1. The Kier molecular flexibility index (Phi) is 8.83. The number of methoxy groups -OCH3 is 1. The summed E-state index contributed by atoms with van der Waals surface area (Å²) >= 11 is 0. The zero-order chi connectivity index (χ0) is 13.3. The first kappa shape index (κ1) is 16.9. The first-order valence-corrected chi connectivity index (χ1v) is 6.81. The van der Waals surface area contributed by atoms with Crippen molar-refractivity contribution in [3.8, 4) is 0 Å². The minimum atomic E-state index is 0.163. The Morgan fingerprint density at radius 2 is 1.82 bits per heavy atom. The van der Waals surface area contributed by atoms with Crippen molar-refractivity contribution in [2.75, 3.05) is 26.9 Å². The Morgan fingerprint density at radius 1 is 1.18 bits per heavy atom. The fourth-order valence-corrected chi connectivity index (χ4v) is 2.22. The summed E-state index contributed by atoms with van der Waals surface area (Å²) in [5.41, 5.74) is 0.163. The van der Waals surface area contributed by atoms with Crippen LogP contribution in [0.1, 0.15) is 47.5 Å². The van der Waals surface area contributed by atoms with Gasteiger partial charge in [-0.05, 0) is 31.7 Å². The molecule has 0 spiro atoms. The maximum Gasteiger partial charge on any atom is 0.0775 e. The number of likely N-dealkylation sites (N-methyl/N-ethyl adjacent to an activating group) is 1. The largest absolute Gasteiger partial charge is 0.385 e. The van der Waals surface area contributed by atoms with Crippen LogP contribution < -0.4 is 5.32 Å². The van der Waals surface area contributed by atoms with E-state index >= 15 is 0 Å². The van der Waals surface area contributed by atoms with Crippen molar-refractivity contribution in [2.45, 2.75) is 59.6 Å². The highest BCUT2D eigenvalue weighted by Gasteiger charge is 2.32. The predicted octanol–water partition coefficient (Wildman–Crippen LogP) is 2.84. The molecule has 3 heteroatoms. The Labute approximate surface area is 107 Å². The van der Waals surface area contributed by atoms with Crippen LogP contribution in [-0.2, 0) is 9.47 Å². The van der Waals surface area contributed by atoms with Gasteiger partial charge < -0.3 is 14.8 Å². The molecule has 0 aromatic rings. The fourth-order valence-electron chi connectivity index (χ4n) is 2.22. The molecular weight excluding hydrogens is 214 g/mol. The van der Waals surface area contributed by atoms with E-state index in [-0.39, 0.29) is 11.5 Å². The lowest BCUT2D eigenvalue weighted by molar-refractivity contribution is -0.0383. The van der Waals surface area contributed by atoms with Gasteiger partial charge in [0.2, 0.25) is 0 Å². The molecule has 0 bridgehead atoms. The van der Waals surface area contributed by atoms with Gasteiger partial charge in [0.05, 0.1) is 6.10 Å². The first-order chi connectivity index (χ1) is 7.97. The minimum absolute atomic E-state index is 0.163. The zero-order valence-electron chi connectivity index (χ0n) is 12.5. The standard InChI is InChI=1S/C14H31NO2/c1-7-15-12(10-9-11-16-6)13(17-8-2)14(3,4)5/h12-13,15H,7-11H2,1-6H3. The van der Waals surface area contributed by atoms with Crippen LogP contribution in [0.4, 0.5) is 0 Å². The van der Waals surface area contributed by atoms with E-state index in [2.05, 4.69) is 39.9 Å². The molecule has 0 radical (unpaired) electrons. The van der Waals surface area contributed by atoms with Crippen LogP contribution in [0.2, 0.25) is 0 Å². The highest BCUT2D eigenvalue weighted by molar-refractivity contribution is 4.86. The molecule has 104 valence electrons. The molecule has 0 rings (SSSR count). The Bertz CT molecular complexity index is 178. The van der Waals surface area contributed by atoms with Crippen molar-refractivity contribution in [1.82, 2.24) is 5.32 Å². The van der Waals surface area contributed by atoms with Crippen LogP contribution in [0.15, 0.2) is 0 Å². The molecule has 0 aliphatic heterocycles. The third kappa shape index (κ3) is 7.02. The highest BCUT2D eigenvalue weighted by atomic mass is 16.5. The van der Waals surface area contributed by atoms with Crippen molar-refractivity contribution < 1.29 is 9.47 Å². The zero-order valence-corrected chi connectivity index (χ0v) is 12.5. The van der Waals surface area contributed by atoms with Crippen molar-refractivity contribution in [2.24, 2.45) is 5.41 Å². The van der Waals surface area contributed by atoms with Crippen LogP contribution in [0.25, 0.3) is 0 Å². The van der Waals surface area contributed by atoms with Gasteiger partial charge in [0, 0.05) is 26.4 Å². The molecule has 0 heterocycles. The van der Waals surface area contributed by atoms with Crippen LogP contribution in [0.5, 0.6) is 0 Å². The monoisotopic (exact) mass is 245 g/mol. The average Bonchev–Trinajstić information content (AvgIpc) is 2.24. The van der Waals surface area contributed by atoms with E-state index in [1.165, 1.54) is 0 Å². The lowest BCUT2D eigenvalue weighted by Crippen LogP contribution is -2.48. The summed E-state index contributed by atoms with van der Waals surface area (Å²) in [5.74, 6) is 0. The molecule has 2 atom stereocenters. The maximum absolute atomic E-state index is 5.95. The van der Waals surface area contributed by atoms with E-state index in [1.54, 1.807) is 7.11 Å². The quantitative estimate of drug-likeness (QED) is 0.634. The number of ether oxygens (including phenoxy) is 2. The average molecular weight is 245 g/mol. The summed E-state index contributed by atoms with van der Waals surface area (Å²) in [6.07, 6.45) is 2.43. The molecule has 2 unspecified atom stereocenters. The molecular formula is C14H31NO2. The smallest absolute Gasteiger partial charge is 0.0775 e. The minimum Gasteiger partial charge on any atom is -0.385 e. The van der Waals surface area contributed by atoms with E-state index in [0.717, 1.165) is 32.6 Å². The van der Waals surface area contributed by atoms with Gasteiger partial charge in [0.15, 0.2) is 0 Å². The van der Waals surface area contributed by atoms with Crippen molar-refractivity contribution in [3.05, 3.63) is 0 Å². The molecule has 0 fully saturated rings. The van der Waals surface area contributed by atoms with E-state index in [0.29, 0.717) is 6.04 Å². The number of rotatable bonds is 9. The van der Waals surface area contributed by atoms with Crippen LogP contribution >= 0.6 is 0 Å². The molecule has 0 aromatic heterocycles. The van der Waals surface area contributed by atoms with Crippen molar-refractivity contribution in [1.29, 1.82) is 0 Å². The van der Waals surface area contributed by atoms with Crippen LogP contribution in [-0.4, -0.2) is 39.0 Å². The van der Waals surface area contributed by atoms with Gasteiger partial charge >= 0.3 is 0 Å².